The number of fused-ring (bicyclic) bond motifs is 1. The van der Waals surface area contributed by atoms with Crippen LogP contribution in [0.1, 0.15) is 49.2 Å². The van der Waals surface area contributed by atoms with E-state index in [0.29, 0.717) is 32.2 Å². The third-order valence-corrected chi connectivity index (χ3v) is 5.40. The van der Waals surface area contributed by atoms with E-state index in [4.69, 9.17) is 28.9 Å². The molecule has 0 aliphatic rings. The molecule has 0 aliphatic carbocycles. The molecule has 29 heavy (non-hydrogen) atoms. The first-order valence-corrected chi connectivity index (χ1v) is 9.76. The highest BCUT2D eigenvalue weighted by molar-refractivity contribution is 6.38. The van der Waals surface area contributed by atoms with Crippen molar-refractivity contribution < 1.29 is 4.79 Å². The topological polar surface area (TPSA) is 97.6 Å². The first kappa shape index (κ1) is 21.1. The monoisotopic (exact) mass is 429 g/mol. The van der Waals surface area contributed by atoms with Crippen molar-refractivity contribution in [2.75, 3.05) is 0 Å². The maximum absolute atomic E-state index is 12.1. The Morgan fingerprint density at radius 1 is 1.17 bits per heavy atom. The van der Waals surface area contributed by atoms with Crippen LogP contribution in [0.2, 0.25) is 10.0 Å². The molecule has 0 saturated heterocycles. The predicted molar refractivity (Wildman–Crippen MR) is 114 cm³/mol. The van der Waals surface area contributed by atoms with Crippen LogP contribution in [0.15, 0.2) is 30.3 Å². The van der Waals surface area contributed by atoms with Crippen LogP contribution in [-0.4, -0.2) is 20.9 Å². The molecule has 3 aromatic rings. The molecule has 0 bridgehead atoms. The molecule has 0 fully saturated rings. The van der Waals surface area contributed by atoms with Crippen LogP contribution < -0.4 is 5.73 Å². The molecule has 0 spiro atoms. The lowest BCUT2D eigenvalue weighted by Crippen LogP contribution is -2.31. The Balaban J connectivity index is 2.14. The Bertz CT molecular complexity index is 1160. The average Bonchev–Trinajstić information content (AvgIpc) is 3.02. The van der Waals surface area contributed by atoms with E-state index in [1.807, 2.05) is 12.1 Å². The Labute approximate surface area is 179 Å². The third kappa shape index (κ3) is 4.07. The second-order valence-electron chi connectivity index (χ2n) is 8.30. The fourth-order valence-corrected chi connectivity index (χ4v) is 3.73. The van der Waals surface area contributed by atoms with Gasteiger partial charge in [0, 0.05) is 10.6 Å². The third-order valence-electron chi connectivity index (χ3n) is 4.90. The van der Waals surface area contributed by atoms with Crippen molar-refractivity contribution >= 4 is 40.1 Å². The van der Waals surface area contributed by atoms with Gasteiger partial charge in [0.25, 0.3) is 0 Å². The summed E-state index contributed by atoms with van der Waals surface area (Å²) in [6.07, 6.45) is 0. The largest absolute Gasteiger partial charge is 0.366 e. The zero-order valence-electron chi connectivity index (χ0n) is 16.6. The number of nitrogens with two attached hydrogens (primary N) is 1. The van der Waals surface area contributed by atoms with Gasteiger partial charge in [-0.2, -0.15) is 20.3 Å². The maximum Gasteiger partial charge on any atom is 0.249 e. The minimum atomic E-state index is -1.10. The Hall–Kier alpha value is -2.62. The van der Waals surface area contributed by atoms with Crippen LogP contribution in [0.3, 0.4) is 0 Å². The van der Waals surface area contributed by atoms with Crippen LogP contribution in [-0.2, 0) is 17.4 Å². The second kappa shape index (κ2) is 7.33. The predicted octanol–water partition coefficient (Wildman–Crippen LogP) is 4.62. The molecule has 0 aliphatic heterocycles. The van der Waals surface area contributed by atoms with E-state index in [-0.39, 0.29) is 12.0 Å². The standard InChI is InChI=1S/C21H21Cl2N5O/c1-20(2,3)12-5-6-14(19(25)29)15(7-12)21(4,10-24)11-28-26-17-9-13(22)8-16(23)18(17)27-28/h5-9H,11H2,1-4H3,(H2,25,29). The van der Waals surface area contributed by atoms with E-state index in [2.05, 4.69) is 37.0 Å². The number of hydrogen-bond donors (Lipinski definition) is 1. The minimum Gasteiger partial charge on any atom is -0.366 e. The lowest BCUT2D eigenvalue weighted by atomic mass is 9.77. The molecule has 1 atom stereocenters. The highest BCUT2D eigenvalue weighted by atomic mass is 35.5. The molecule has 8 heteroatoms. The number of benzene rings is 2. The van der Waals surface area contributed by atoms with Gasteiger partial charge in [-0.15, -0.1) is 0 Å². The summed E-state index contributed by atoms with van der Waals surface area (Å²) in [5, 5.41) is 19.7. The van der Waals surface area contributed by atoms with Gasteiger partial charge in [0.2, 0.25) is 5.91 Å². The summed E-state index contributed by atoms with van der Waals surface area (Å²) in [5.41, 5.74) is 7.20. The van der Waals surface area contributed by atoms with Crippen LogP contribution in [0.25, 0.3) is 11.0 Å². The molecule has 6 nitrogen and oxygen atoms in total. The number of nitriles is 1. The highest BCUT2D eigenvalue weighted by Gasteiger charge is 2.33. The summed E-state index contributed by atoms with van der Waals surface area (Å²) in [7, 11) is 0. The lowest BCUT2D eigenvalue weighted by Gasteiger charge is -2.27. The molecule has 1 heterocycles. The number of halogens is 2. The smallest absolute Gasteiger partial charge is 0.249 e. The van der Waals surface area contributed by atoms with Gasteiger partial charge in [-0.3, -0.25) is 4.79 Å². The van der Waals surface area contributed by atoms with E-state index in [0.717, 1.165) is 5.56 Å². The van der Waals surface area contributed by atoms with Gasteiger partial charge in [0.15, 0.2) is 0 Å². The highest BCUT2D eigenvalue weighted by Crippen LogP contribution is 2.33. The van der Waals surface area contributed by atoms with Crippen LogP contribution in [0.5, 0.6) is 0 Å². The van der Waals surface area contributed by atoms with E-state index in [1.165, 1.54) is 4.80 Å². The molecule has 1 unspecified atom stereocenters. The molecule has 1 aromatic heterocycles. The molecule has 0 saturated carbocycles. The Morgan fingerprint density at radius 2 is 1.86 bits per heavy atom. The Morgan fingerprint density at radius 3 is 2.45 bits per heavy atom. The number of carbonyl (C=O) groups excluding carboxylic acids is 1. The number of amides is 1. The summed E-state index contributed by atoms with van der Waals surface area (Å²) in [4.78, 5) is 13.5. The number of rotatable bonds is 4. The van der Waals surface area contributed by atoms with Crippen LogP contribution in [0.4, 0.5) is 0 Å². The van der Waals surface area contributed by atoms with Crippen molar-refractivity contribution in [3.05, 3.63) is 57.1 Å². The van der Waals surface area contributed by atoms with Crippen LogP contribution in [0, 0.1) is 11.3 Å². The van der Waals surface area contributed by atoms with Gasteiger partial charge < -0.3 is 5.73 Å². The molecular weight excluding hydrogens is 409 g/mol. The summed E-state index contributed by atoms with van der Waals surface area (Å²) >= 11 is 12.2. The van der Waals surface area contributed by atoms with E-state index >= 15 is 0 Å². The summed E-state index contributed by atoms with van der Waals surface area (Å²) in [6.45, 7) is 8.04. The number of primary amides is 1. The minimum absolute atomic E-state index is 0.111. The van der Waals surface area contributed by atoms with Gasteiger partial charge in [-0.1, -0.05) is 56.1 Å². The Kier molecular flexibility index (Phi) is 5.33. The quantitative estimate of drug-likeness (QED) is 0.653. The number of hydrogen-bond acceptors (Lipinski definition) is 4. The van der Waals surface area contributed by atoms with Gasteiger partial charge in [-0.25, -0.2) is 0 Å². The van der Waals surface area contributed by atoms with Crippen molar-refractivity contribution in [1.82, 2.24) is 15.0 Å². The van der Waals surface area contributed by atoms with E-state index in [9.17, 15) is 10.1 Å². The zero-order chi connectivity index (χ0) is 21.6. The number of nitrogens with zero attached hydrogens (tertiary/aromatic N) is 4. The first-order chi connectivity index (χ1) is 13.4. The zero-order valence-corrected chi connectivity index (χ0v) is 18.1. The summed E-state index contributed by atoms with van der Waals surface area (Å²) in [5.74, 6) is -0.588. The molecular formula is C21H21Cl2N5O. The van der Waals surface area contributed by atoms with E-state index in [1.54, 1.807) is 25.1 Å². The van der Waals surface area contributed by atoms with Gasteiger partial charge in [0.05, 0.1) is 17.6 Å². The maximum atomic E-state index is 12.1. The number of carbonyl (C=O) groups is 1. The van der Waals surface area contributed by atoms with Crippen LogP contribution >= 0.6 is 23.2 Å². The molecule has 0 radical (unpaired) electrons. The van der Waals surface area contributed by atoms with Gasteiger partial charge >= 0.3 is 0 Å². The number of aromatic nitrogens is 3. The fourth-order valence-electron chi connectivity index (χ4n) is 3.21. The second-order valence-corrected chi connectivity index (χ2v) is 9.15. The molecule has 2 N–H and O–H groups in total. The summed E-state index contributed by atoms with van der Waals surface area (Å²) < 4.78 is 0. The van der Waals surface area contributed by atoms with E-state index < -0.39 is 11.3 Å². The van der Waals surface area contributed by atoms with Crippen molar-refractivity contribution in [1.29, 1.82) is 5.26 Å². The van der Waals surface area contributed by atoms with Gasteiger partial charge in [-0.05, 0) is 41.7 Å². The van der Waals surface area contributed by atoms with Gasteiger partial charge in [0.1, 0.15) is 16.4 Å². The van der Waals surface area contributed by atoms with Crippen molar-refractivity contribution in [2.24, 2.45) is 5.73 Å². The molecule has 1 amide bonds. The van der Waals surface area contributed by atoms with Crippen molar-refractivity contribution in [2.45, 2.75) is 45.1 Å². The lowest BCUT2D eigenvalue weighted by molar-refractivity contribution is 0.0998. The first-order valence-electron chi connectivity index (χ1n) is 9.00. The van der Waals surface area contributed by atoms with Crippen molar-refractivity contribution in [3.8, 4) is 6.07 Å². The normalized spacial score (nSPS) is 13.8. The molecule has 2 aromatic carbocycles. The molecule has 3 rings (SSSR count). The average molecular weight is 430 g/mol. The molecule has 150 valence electrons. The van der Waals surface area contributed by atoms with Crippen molar-refractivity contribution in [3.63, 3.8) is 0 Å². The fraction of sp³-hybridized carbons (Fsp3) is 0.333. The SMILES string of the molecule is CC(C)(C)c1ccc(C(N)=O)c(C(C)(C#N)Cn2nc3cc(Cl)cc(Cl)c3n2)c1. The summed E-state index contributed by atoms with van der Waals surface area (Å²) in [6, 6.07) is 11.0.